The van der Waals surface area contributed by atoms with Gasteiger partial charge < -0.3 is 5.32 Å². The minimum absolute atomic E-state index is 0.415. The summed E-state index contributed by atoms with van der Waals surface area (Å²) in [7, 11) is 4.05. The predicted molar refractivity (Wildman–Crippen MR) is 112 cm³/mol. The summed E-state index contributed by atoms with van der Waals surface area (Å²) < 4.78 is 1.88. The van der Waals surface area contributed by atoms with Crippen molar-refractivity contribution in [1.82, 2.24) is 20.1 Å². The summed E-state index contributed by atoms with van der Waals surface area (Å²) in [6, 6.07) is 5.50. The van der Waals surface area contributed by atoms with E-state index in [1.54, 1.807) is 11.8 Å². The molecule has 2 aliphatic heterocycles. The van der Waals surface area contributed by atoms with E-state index in [0.29, 0.717) is 18.0 Å². The van der Waals surface area contributed by atoms with Crippen LogP contribution in [0.5, 0.6) is 0 Å². The van der Waals surface area contributed by atoms with Crippen LogP contribution >= 0.6 is 11.8 Å². The number of thioether (sulfide) groups is 1. The SMILES string of the molecule is CNC1CCC(C2CN3N=C(c4cc(C)c5nn(C)cc5c4)SC3=N2)CC1. The van der Waals surface area contributed by atoms with E-state index in [4.69, 9.17) is 10.1 Å². The highest BCUT2D eigenvalue weighted by Crippen LogP contribution is 2.36. The number of hydrazone groups is 1. The molecule has 0 bridgehead atoms. The molecule has 5 rings (SSSR count). The molecule has 1 N–H and O–H groups in total. The molecular formula is C20H26N6S. The van der Waals surface area contributed by atoms with Gasteiger partial charge in [0.25, 0.3) is 0 Å². The van der Waals surface area contributed by atoms with E-state index in [1.165, 1.54) is 42.2 Å². The van der Waals surface area contributed by atoms with Crippen LogP contribution in [0.25, 0.3) is 10.9 Å². The molecule has 1 aliphatic carbocycles. The second-order valence-electron chi connectivity index (χ2n) is 8.00. The lowest BCUT2D eigenvalue weighted by Gasteiger charge is -2.30. The van der Waals surface area contributed by atoms with Gasteiger partial charge in [-0.05, 0) is 75.0 Å². The lowest BCUT2D eigenvalue weighted by molar-refractivity contribution is 0.255. The molecule has 0 amide bonds. The van der Waals surface area contributed by atoms with Crippen molar-refractivity contribution in [3.8, 4) is 0 Å². The summed E-state index contributed by atoms with van der Waals surface area (Å²) in [6.07, 6.45) is 7.17. The molecule has 0 saturated heterocycles. The van der Waals surface area contributed by atoms with Gasteiger partial charge in [0.1, 0.15) is 5.04 Å². The first kappa shape index (κ1) is 17.3. The van der Waals surface area contributed by atoms with Crippen molar-refractivity contribution < 1.29 is 0 Å². The maximum absolute atomic E-state index is 5.04. The number of hydrogen-bond acceptors (Lipinski definition) is 6. The first-order chi connectivity index (χ1) is 13.1. The van der Waals surface area contributed by atoms with Gasteiger partial charge in [-0.25, -0.2) is 5.01 Å². The third-order valence-electron chi connectivity index (χ3n) is 6.14. The van der Waals surface area contributed by atoms with Crippen LogP contribution in [0.3, 0.4) is 0 Å². The van der Waals surface area contributed by atoms with Crippen LogP contribution in [0.1, 0.15) is 36.8 Å². The normalized spacial score (nSPS) is 27.8. The van der Waals surface area contributed by atoms with Crippen molar-refractivity contribution in [2.45, 2.75) is 44.7 Å². The monoisotopic (exact) mass is 382 g/mol. The highest BCUT2D eigenvalue weighted by atomic mass is 32.2. The standard InChI is InChI=1S/C20H26N6S/c1-12-8-14(9-15-10-25(3)23-18(12)15)19-24-26-11-17(22-20(26)27-19)13-4-6-16(21-2)7-5-13/h8-10,13,16-17,21H,4-7,11H2,1-3H3. The summed E-state index contributed by atoms with van der Waals surface area (Å²) in [6.45, 7) is 3.06. The molecule has 7 heteroatoms. The van der Waals surface area contributed by atoms with Gasteiger partial charge in [0, 0.05) is 30.2 Å². The average Bonchev–Trinajstić information content (AvgIpc) is 3.34. The Bertz CT molecular complexity index is 937. The molecular weight excluding hydrogens is 356 g/mol. The number of aryl methyl sites for hydroxylation is 2. The van der Waals surface area contributed by atoms with Crippen LogP contribution < -0.4 is 5.32 Å². The molecule has 3 heterocycles. The Hall–Kier alpha value is -1.86. The fraction of sp³-hybridized carbons (Fsp3) is 0.550. The number of rotatable bonds is 3. The minimum Gasteiger partial charge on any atom is -0.317 e. The number of aromatic nitrogens is 2. The number of amidine groups is 1. The van der Waals surface area contributed by atoms with Gasteiger partial charge >= 0.3 is 0 Å². The number of fused-ring (bicyclic) bond motifs is 2. The van der Waals surface area contributed by atoms with Crippen LogP contribution in [0.2, 0.25) is 0 Å². The second-order valence-corrected chi connectivity index (χ2v) is 8.96. The molecule has 142 valence electrons. The van der Waals surface area contributed by atoms with E-state index < -0.39 is 0 Å². The van der Waals surface area contributed by atoms with E-state index >= 15 is 0 Å². The van der Waals surface area contributed by atoms with E-state index in [1.807, 2.05) is 11.7 Å². The van der Waals surface area contributed by atoms with E-state index in [0.717, 1.165) is 22.3 Å². The Morgan fingerprint density at radius 2 is 2.00 bits per heavy atom. The first-order valence-corrected chi connectivity index (χ1v) is 10.7. The maximum Gasteiger partial charge on any atom is 0.186 e. The van der Waals surface area contributed by atoms with Gasteiger partial charge in [-0.1, -0.05) is 0 Å². The Balaban J connectivity index is 1.32. The van der Waals surface area contributed by atoms with Crippen LogP contribution in [-0.2, 0) is 7.05 Å². The Morgan fingerprint density at radius 1 is 1.19 bits per heavy atom. The summed E-state index contributed by atoms with van der Waals surface area (Å²) in [5.41, 5.74) is 3.43. The zero-order chi connectivity index (χ0) is 18.5. The fourth-order valence-electron chi connectivity index (χ4n) is 4.60. The minimum atomic E-state index is 0.415. The highest BCUT2D eigenvalue weighted by Gasteiger charge is 2.37. The maximum atomic E-state index is 5.04. The lowest BCUT2D eigenvalue weighted by Crippen LogP contribution is -2.35. The summed E-state index contributed by atoms with van der Waals surface area (Å²) in [5.74, 6) is 0.709. The topological polar surface area (TPSA) is 57.8 Å². The summed E-state index contributed by atoms with van der Waals surface area (Å²) >= 11 is 1.72. The average molecular weight is 383 g/mol. The van der Waals surface area contributed by atoms with Gasteiger partial charge in [-0.3, -0.25) is 9.67 Å². The Kier molecular flexibility index (Phi) is 4.24. The smallest absolute Gasteiger partial charge is 0.186 e. The molecule has 1 atom stereocenters. The van der Waals surface area contributed by atoms with Crippen LogP contribution in [0.4, 0.5) is 0 Å². The molecule has 0 spiro atoms. The number of benzene rings is 1. The van der Waals surface area contributed by atoms with Gasteiger partial charge in [-0.15, -0.1) is 0 Å². The third-order valence-corrected chi connectivity index (χ3v) is 7.15. The first-order valence-electron chi connectivity index (χ1n) is 9.84. The highest BCUT2D eigenvalue weighted by molar-refractivity contribution is 8.27. The fourth-order valence-corrected chi connectivity index (χ4v) is 5.56. The second kappa shape index (κ2) is 6.63. The van der Waals surface area contributed by atoms with Gasteiger partial charge in [-0.2, -0.15) is 10.2 Å². The quantitative estimate of drug-likeness (QED) is 0.886. The summed E-state index contributed by atoms with van der Waals surface area (Å²) in [5, 5.41) is 18.3. The van der Waals surface area contributed by atoms with Crippen molar-refractivity contribution in [1.29, 1.82) is 0 Å². The van der Waals surface area contributed by atoms with Crippen molar-refractivity contribution in [2.24, 2.45) is 23.1 Å². The molecule has 1 saturated carbocycles. The molecule has 1 aromatic carbocycles. The zero-order valence-corrected chi connectivity index (χ0v) is 17.0. The van der Waals surface area contributed by atoms with Gasteiger partial charge in [0.2, 0.25) is 0 Å². The Morgan fingerprint density at radius 3 is 2.74 bits per heavy atom. The van der Waals surface area contributed by atoms with Gasteiger partial charge in [0.05, 0.1) is 18.1 Å². The van der Waals surface area contributed by atoms with Gasteiger partial charge in [0.15, 0.2) is 5.17 Å². The summed E-state index contributed by atoms with van der Waals surface area (Å²) in [4.78, 5) is 5.04. The lowest BCUT2D eigenvalue weighted by atomic mass is 9.82. The molecule has 1 aromatic heterocycles. The van der Waals surface area contributed by atoms with Crippen LogP contribution in [0, 0.1) is 12.8 Å². The molecule has 1 unspecified atom stereocenters. The van der Waals surface area contributed by atoms with Crippen molar-refractivity contribution >= 4 is 32.9 Å². The molecule has 27 heavy (non-hydrogen) atoms. The number of nitrogens with zero attached hydrogens (tertiary/aromatic N) is 5. The number of hydrogen-bond donors (Lipinski definition) is 1. The zero-order valence-electron chi connectivity index (χ0n) is 16.1. The largest absolute Gasteiger partial charge is 0.317 e. The number of aliphatic imine (C=N–C) groups is 1. The van der Waals surface area contributed by atoms with Crippen molar-refractivity contribution in [3.05, 3.63) is 29.5 Å². The number of nitrogens with one attached hydrogen (secondary N) is 1. The molecule has 6 nitrogen and oxygen atoms in total. The van der Waals surface area contributed by atoms with Crippen molar-refractivity contribution in [3.63, 3.8) is 0 Å². The van der Waals surface area contributed by atoms with Crippen LogP contribution in [0.15, 0.2) is 28.4 Å². The van der Waals surface area contributed by atoms with Crippen molar-refractivity contribution in [2.75, 3.05) is 13.6 Å². The van der Waals surface area contributed by atoms with E-state index in [2.05, 4.69) is 47.7 Å². The van der Waals surface area contributed by atoms with Crippen LogP contribution in [-0.4, -0.2) is 50.7 Å². The van der Waals surface area contributed by atoms with E-state index in [-0.39, 0.29) is 0 Å². The predicted octanol–water partition coefficient (Wildman–Crippen LogP) is 3.11. The molecule has 1 fully saturated rings. The Labute approximate surface area is 164 Å². The molecule has 2 aromatic rings. The third kappa shape index (κ3) is 3.06. The molecule has 0 radical (unpaired) electrons. The van der Waals surface area contributed by atoms with E-state index in [9.17, 15) is 0 Å². The molecule has 3 aliphatic rings.